The van der Waals surface area contributed by atoms with Crippen LogP contribution in [0.2, 0.25) is 0 Å². The predicted molar refractivity (Wildman–Crippen MR) is 133 cm³/mol. The van der Waals surface area contributed by atoms with Crippen molar-refractivity contribution >= 4 is 34.7 Å². The first-order valence-electron chi connectivity index (χ1n) is 11.1. The topological polar surface area (TPSA) is 65.0 Å². The highest BCUT2D eigenvalue weighted by Gasteiger charge is 2.29. The molecule has 5 heteroatoms. The number of furan rings is 1. The van der Waals surface area contributed by atoms with Crippen molar-refractivity contribution in [1.29, 1.82) is 5.41 Å². The van der Waals surface area contributed by atoms with Crippen molar-refractivity contribution < 1.29 is 4.42 Å². The first kappa shape index (κ1) is 22.9. The summed E-state index contributed by atoms with van der Waals surface area (Å²) in [5.74, 6) is 1.80. The van der Waals surface area contributed by atoms with Gasteiger partial charge in [-0.3, -0.25) is 9.98 Å². The zero-order chi connectivity index (χ0) is 22.4. The van der Waals surface area contributed by atoms with Gasteiger partial charge in [0.05, 0.1) is 0 Å². The van der Waals surface area contributed by atoms with Gasteiger partial charge in [-0.05, 0) is 88.1 Å². The van der Waals surface area contributed by atoms with Gasteiger partial charge in [0.2, 0.25) is 0 Å². The molecular weight excluding hydrogens is 384 g/mol. The summed E-state index contributed by atoms with van der Waals surface area (Å²) in [5.41, 5.74) is 4.36. The minimum absolute atomic E-state index is 0.447. The number of hydrogen-bond donors (Lipinski definition) is 1. The molecule has 1 fully saturated rings. The molecule has 31 heavy (non-hydrogen) atoms. The summed E-state index contributed by atoms with van der Waals surface area (Å²) in [6, 6.07) is 7.97. The van der Waals surface area contributed by atoms with Crippen LogP contribution in [-0.2, 0) is 0 Å². The molecule has 0 spiro atoms. The molecule has 0 aliphatic carbocycles. The highest BCUT2D eigenvalue weighted by Crippen LogP contribution is 2.27. The Morgan fingerprint density at radius 2 is 2.03 bits per heavy atom. The fraction of sp³-hybridized carbons (Fsp3) is 0.423. The summed E-state index contributed by atoms with van der Waals surface area (Å²) in [4.78, 5) is 11.6. The molecule has 1 aromatic heterocycles. The molecule has 3 rings (SSSR count). The molecule has 1 aliphatic rings. The molecule has 1 saturated heterocycles. The number of fused-ring (bicyclic) bond motifs is 1. The van der Waals surface area contributed by atoms with Crippen LogP contribution in [0.5, 0.6) is 0 Å². The summed E-state index contributed by atoms with van der Waals surface area (Å²) in [6.45, 7) is 14.0. The molecule has 0 radical (unpaired) electrons. The fourth-order valence-corrected chi connectivity index (χ4v) is 4.11. The van der Waals surface area contributed by atoms with E-state index in [1.807, 2.05) is 45.0 Å². The molecule has 0 amide bonds. The second kappa shape index (κ2) is 10.5. The van der Waals surface area contributed by atoms with Gasteiger partial charge in [0.1, 0.15) is 11.3 Å². The molecule has 1 aromatic carbocycles. The van der Waals surface area contributed by atoms with E-state index in [9.17, 15) is 0 Å². The van der Waals surface area contributed by atoms with Crippen LogP contribution >= 0.6 is 0 Å². The second-order valence-corrected chi connectivity index (χ2v) is 8.32. The number of allylic oxidation sites excluding steroid dienone is 2. The average molecular weight is 419 g/mol. The number of nitrogens with one attached hydrogen (secondary N) is 1. The van der Waals surface area contributed by atoms with Gasteiger partial charge in [-0.15, -0.1) is 0 Å². The Hall–Kier alpha value is -2.79. The Kier molecular flexibility index (Phi) is 7.75. The van der Waals surface area contributed by atoms with Crippen LogP contribution in [-0.4, -0.2) is 48.7 Å². The van der Waals surface area contributed by atoms with E-state index in [0.717, 1.165) is 59.9 Å². The van der Waals surface area contributed by atoms with Crippen molar-refractivity contribution in [2.24, 2.45) is 21.8 Å². The van der Waals surface area contributed by atoms with Gasteiger partial charge < -0.3 is 14.7 Å². The molecule has 1 aliphatic heterocycles. The quantitative estimate of drug-likeness (QED) is 0.546. The highest BCUT2D eigenvalue weighted by molar-refractivity contribution is 5.99. The Labute approximate surface area is 185 Å². The molecule has 1 N–H and O–H groups in total. The second-order valence-electron chi connectivity index (χ2n) is 8.32. The third-order valence-electron chi connectivity index (χ3n) is 5.82. The minimum Gasteiger partial charge on any atom is -0.457 e. The number of benzene rings is 1. The van der Waals surface area contributed by atoms with E-state index in [4.69, 9.17) is 14.8 Å². The van der Waals surface area contributed by atoms with Crippen LogP contribution in [0.1, 0.15) is 45.9 Å². The molecule has 0 saturated carbocycles. The lowest BCUT2D eigenvalue weighted by Gasteiger charge is -2.12. The van der Waals surface area contributed by atoms with Gasteiger partial charge in [-0.1, -0.05) is 13.0 Å². The standard InChI is InChI=1S/C26H34N4O/c1-6-28-18(3)12-19(4)29-15-24-17-30(7-2)16-22(24)8-10-25-14-23-13-21(20(5)27)9-11-26(23)31-25/h6,8-14,22,24,27H,7,15-17H2,1-5H3/b10-8+,18-12-,27-20?,28-6?,29-19?. The molecule has 5 nitrogen and oxygen atoms in total. The lowest BCUT2D eigenvalue weighted by atomic mass is 9.95. The predicted octanol–water partition coefficient (Wildman–Crippen LogP) is 5.86. The van der Waals surface area contributed by atoms with Crippen molar-refractivity contribution in [3.8, 4) is 0 Å². The monoisotopic (exact) mass is 418 g/mol. The van der Waals surface area contributed by atoms with E-state index in [2.05, 4.69) is 35.0 Å². The van der Waals surface area contributed by atoms with Gasteiger partial charge in [-0.25, -0.2) is 0 Å². The van der Waals surface area contributed by atoms with Gasteiger partial charge in [0, 0.05) is 48.4 Å². The third kappa shape index (κ3) is 6.11. The zero-order valence-corrected chi connectivity index (χ0v) is 19.4. The average Bonchev–Trinajstić information content (AvgIpc) is 3.33. The molecule has 2 unspecified atom stereocenters. The summed E-state index contributed by atoms with van der Waals surface area (Å²) in [6.07, 6.45) is 8.23. The lowest BCUT2D eigenvalue weighted by molar-refractivity contribution is 0.342. The van der Waals surface area contributed by atoms with Crippen molar-refractivity contribution in [1.82, 2.24) is 4.90 Å². The first-order chi connectivity index (χ1) is 14.9. The Morgan fingerprint density at radius 3 is 2.74 bits per heavy atom. The molecular formula is C26H34N4O. The number of rotatable bonds is 8. The van der Waals surface area contributed by atoms with Crippen LogP contribution in [0.4, 0.5) is 0 Å². The maximum absolute atomic E-state index is 7.83. The smallest absolute Gasteiger partial charge is 0.134 e. The molecule has 164 valence electrons. The van der Waals surface area contributed by atoms with Gasteiger partial charge in [0.15, 0.2) is 0 Å². The van der Waals surface area contributed by atoms with E-state index in [-0.39, 0.29) is 0 Å². The van der Waals surface area contributed by atoms with Crippen molar-refractivity contribution in [2.45, 2.75) is 34.6 Å². The van der Waals surface area contributed by atoms with E-state index >= 15 is 0 Å². The summed E-state index contributed by atoms with van der Waals surface area (Å²) < 4.78 is 6.00. The molecule has 0 bridgehead atoms. The van der Waals surface area contributed by atoms with Crippen LogP contribution in [0.3, 0.4) is 0 Å². The first-order valence-corrected chi connectivity index (χ1v) is 11.1. The SMILES string of the molecule is CC=N/C(C)=C\C(C)=NCC1CN(CC)CC1/C=C/c1cc2cc(C(C)=N)ccc2o1. The number of likely N-dealkylation sites (tertiary alicyclic amines) is 1. The van der Waals surface area contributed by atoms with E-state index in [1.54, 1.807) is 13.1 Å². The normalized spacial score (nSPS) is 21.2. The Bertz CT molecular complexity index is 1040. The van der Waals surface area contributed by atoms with E-state index in [1.165, 1.54) is 0 Å². The zero-order valence-electron chi connectivity index (χ0n) is 19.4. The molecule has 2 heterocycles. The van der Waals surface area contributed by atoms with Crippen LogP contribution < -0.4 is 0 Å². The number of aliphatic imine (C=N–C) groups is 2. The van der Waals surface area contributed by atoms with Gasteiger partial charge in [0.25, 0.3) is 0 Å². The van der Waals surface area contributed by atoms with Crippen LogP contribution in [0.25, 0.3) is 17.0 Å². The lowest BCUT2D eigenvalue weighted by Crippen LogP contribution is -2.20. The fourth-order valence-electron chi connectivity index (χ4n) is 4.11. The molecule has 2 atom stereocenters. The van der Waals surface area contributed by atoms with Crippen LogP contribution in [0, 0.1) is 17.2 Å². The molecule has 2 aromatic rings. The van der Waals surface area contributed by atoms with Gasteiger partial charge in [-0.2, -0.15) is 0 Å². The third-order valence-corrected chi connectivity index (χ3v) is 5.82. The highest BCUT2D eigenvalue weighted by atomic mass is 16.3. The van der Waals surface area contributed by atoms with Gasteiger partial charge >= 0.3 is 0 Å². The largest absolute Gasteiger partial charge is 0.457 e. The number of nitrogens with zero attached hydrogens (tertiary/aromatic N) is 3. The maximum Gasteiger partial charge on any atom is 0.134 e. The van der Waals surface area contributed by atoms with Crippen molar-refractivity contribution in [2.75, 3.05) is 26.2 Å². The Morgan fingerprint density at radius 1 is 1.23 bits per heavy atom. The van der Waals surface area contributed by atoms with E-state index in [0.29, 0.717) is 17.5 Å². The van der Waals surface area contributed by atoms with Crippen molar-refractivity contribution in [3.05, 3.63) is 53.4 Å². The minimum atomic E-state index is 0.447. The van der Waals surface area contributed by atoms with Crippen LogP contribution in [0.15, 0.2) is 56.5 Å². The van der Waals surface area contributed by atoms with E-state index < -0.39 is 0 Å². The summed E-state index contributed by atoms with van der Waals surface area (Å²) >= 11 is 0. The summed E-state index contributed by atoms with van der Waals surface area (Å²) in [7, 11) is 0. The summed E-state index contributed by atoms with van der Waals surface area (Å²) in [5, 5.41) is 8.87. The maximum atomic E-state index is 7.83. The van der Waals surface area contributed by atoms with Crippen molar-refractivity contribution in [3.63, 3.8) is 0 Å². The number of hydrogen-bond acceptors (Lipinski definition) is 5. The Balaban J connectivity index is 1.73.